The van der Waals surface area contributed by atoms with Crippen molar-refractivity contribution in [2.24, 2.45) is 7.05 Å². The second-order valence-corrected chi connectivity index (χ2v) is 5.22. The first-order chi connectivity index (χ1) is 9.90. The molecule has 0 N–H and O–H groups in total. The van der Waals surface area contributed by atoms with Crippen LogP contribution in [0.15, 0.2) is 6.07 Å². The Hall–Kier alpha value is -2.57. The maximum absolute atomic E-state index is 11.5. The number of ketones is 1. The summed E-state index contributed by atoms with van der Waals surface area (Å²) in [5.41, 5.74) is 3.85. The van der Waals surface area contributed by atoms with E-state index in [1.54, 1.807) is 9.36 Å². The van der Waals surface area contributed by atoms with E-state index in [1.807, 2.05) is 33.9 Å². The van der Waals surface area contributed by atoms with E-state index in [-0.39, 0.29) is 5.78 Å². The van der Waals surface area contributed by atoms with Crippen LogP contribution in [0.1, 0.15) is 34.4 Å². The highest BCUT2D eigenvalue weighted by atomic mass is 16.1. The molecule has 7 nitrogen and oxygen atoms in total. The highest BCUT2D eigenvalue weighted by Crippen LogP contribution is 2.25. The van der Waals surface area contributed by atoms with Gasteiger partial charge in [0.15, 0.2) is 22.9 Å². The van der Waals surface area contributed by atoms with Gasteiger partial charge in [0.2, 0.25) is 0 Å². The molecule has 0 aliphatic carbocycles. The Bertz CT molecular complexity index is 873. The third-order valence-corrected chi connectivity index (χ3v) is 3.53. The van der Waals surface area contributed by atoms with Crippen LogP contribution in [0, 0.1) is 20.8 Å². The number of nitrogens with zero attached hydrogens (tertiary/aromatic N) is 6. The number of hydrogen-bond acceptors (Lipinski definition) is 5. The minimum atomic E-state index is -0.107. The van der Waals surface area contributed by atoms with Crippen LogP contribution in [0.4, 0.5) is 0 Å². The van der Waals surface area contributed by atoms with Crippen LogP contribution in [0.3, 0.4) is 0 Å². The van der Waals surface area contributed by atoms with E-state index >= 15 is 0 Å². The Labute approximate surface area is 121 Å². The van der Waals surface area contributed by atoms with Crippen molar-refractivity contribution in [2.75, 3.05) is 0 Å². The molecule has 0 saturated heterocycles. The summed E-state index contributed by atoms with van der Waals surface area (Å²) in [4.78, 5) is 16.1. The van der Waals surface area contributed by atoms with Crippen LogP contribution >= 0.6 is 0 Å². The highest BCUT2D eigenvalue weighted by molar-refractivity contribution is 5.93. The van der Waals surface area contributed by atoms with Gasteiger partial charge in [-0.05, 0) is 32.4 Å². The molecule has 3 rings (SSSR count). The average Bonchev–Trinajstić information content (AvgIpc) is 2.91. The number of Topliss-reactive ketones (excluding diaryl/α,β-unsaturated/α-hetero) is 1. The Morgan fingerprint density at radius 2 is 1.95 bits per heavy atom. The Kier molecular flexibility index (Phi) is 2.86. The fourth-order valence-electron chi connectivity index (χ4n) is 2.57. The van der Waals surface area contributed by atoms with Gasteiger partial charge in [0.25, 0.3) is 0 Å². The molecule has 0 bridgehead atoms. The summed E-state index contributed by atoms with van der Waals surface area (Å²) in [5.74, 6) is 0.541. The molecule has 0 aliphatic heterocycles. The molecule has 3 aromatic rings. The van der Waals surface area contributed by atoms with Gasteiger partial charge in [0, 0.05) is 19.7 Å². The van der Waals surface area contributed by atoms with Crippen LogP contribution in [-0.4, -0.2) is 35.5 Å². The van der Waals surface area contributed by atoms with Crippen molar-refractivity contribution >= 4 is 16.8 Å². The predicted octanol–water partition coefficient (Wildman–Crippen LogP) is 1.68. The fraction of sp³-hybridized carbons (Fsp3) is 0.357. The lowest BCUT2D eigenvalue weighted by molar-refractivity contribution is 0.101. The number of fused-ring (bicyclic) bond motifs is 1. The zero-order chi connectivity index (χ0) is 15.3. The normalized spacial score (nSPS) is 11.3. The van der Waals surface area contributed by atoms with Crippen molar-refractivity contribution in [3.05, 3.63) is 28.7 Å². The number of aromatic nitrogens is 6. The lowest BCUT2D eigenvalue weighted by Gasteiger charge is -2.02. The van der Waals surface area contributed by atoms with Crippen LogP contribution in [0.25, 0.3) is 16.9 Å². The third kappa shape index (κ3) is 1.93. The molecule has 3 aromatic heterocycles. The molecule has 0 aromatic carbocycles. The van der Waals surface area contributed by atoms with Gasteiger partial charge in [-0.15, -0.1) is 5.10 Å². The van der Waals surface area contributed by atoms with Crippen LogP contribution in [0.5, 0.6) is 0 Å². The highest BCUT2D eigenvalue weighted by Gasteiger charge is 2.20. The summed E-state index contributed by atoms with van der Waals surface area (Å²) < 4.78 is 3.32. The molecule has 21 heavy (non-hydrogen) atoms. The van der Waals surface area contributed by atoms with Gasteiger partial charge in [-0.3, -0.25) is 4.79 Å². The van der Waals surface area contributed by atoms with Gasteiger partial charge in [0.1, 0.15) is 0 Å². The van der Waals surface area contributed by atoms with E-state index in [9.17, 15) is 4.79 Å². The summed E-state index contributed by atoms with van der Waals surface area (Å²) in [6.07, 6.45) is 0. The van der Waals surface area contributed by atoms with Crippen molar-refractivity contribution < 1.29 is 4.79 Å². The summed E-state index contributed by atoms with van der Waals surface area (Å²) >= 11 is 0. The number of rotatable bonds is 2. The molecule has 0 aliphatic rings. The van der Waals surface area contributed by atoms with E-state index in [1.165, 1.54) is 6.92 Å². The lowest BCUT2D eigenvalue weighted by Crippen LogP contribution is -2.03. The van der Waals surface area contributed by atoms with Crippen molar-refractivity contribution in [3.63, 3.8) is 0 Å². The van der Waals surface area contributed by atoms with Crippen LogP contribution in [0.2, 0.25) is 0 Å². The Morgan fingerprint density at radius 1 is 1.24 bits per heavy atom. The molecule has 0 atom stereocenters. The van der Waals surface area contributed by atoms with Crippen LogP contribution < -0.4 is 0 Å². The molecule has 3 heterocycles. The quantitative estimate of drug-likeness (QED) is 0.669. The Balaban J connectivity index is 2.34. The summed E-state index contributed by atoms with van der Waals surface area (Å²) in [7, 11) is 1.84. The first-order valence-corrected chi connectivity index (χ1v) is 6.64. The second-order valence-electron chi connectivity index (χ2n) is 5.22. The minimum absolute atomic E-state index is 0.107. The molecule has 0 radical (unpaired) electrons. The van der Waals surface area contributed by atoms with Gasteiger partial charge in [-0.25, -0.2) is 9.67 Å². The van der Waals surface area contributed by atoms with E-state index in [0.717, 1.165) is 22.3 Å². The monoisotopic (exact) mass is 284 g/mol. The van der Waals surface area contributed by atoms with Gasteiger partial charge >= 0.3 is 0 Å². The standard InChI is InChI=1S/C14H16N6O/c1-7-6-8(2)15-13-11(7)14(17-19(13)5)20-9(3)12(10(4)21)16-18-20/h6H,1-5H3. The summed E-state index contributed by atoms with van der Waals surface area (Å²) in [6.45, 7) is 7.26. The summed E-state index contributed by atoms with van der Waals surface area (Å²) in [6, 6.07) is 2.01. The minimum Gasteiger partial charge on any atom is -0.293 e. The predicted molar refractivity (Wildman–Crippen MR) is 77.6 cm³/mol. The number of carbonyl (C=O) groups excluding carboxylic acids is 1. The average molecular weight is 284 g/mol. The zero-order valence-electron chi connectivity index (χ0n) is 12.7. The lowest BCUT2D eigenvalue weighted by atomic mass is 10.1. The number of aryl methyl sites for hydroxylation is 3. The van der Waals surface area contributed by atoms with E-state index in [4.69, 9.17) is 0 Å². The molecular formula is C14H16N6O. The number of hydrogen-bond donors (Lipinski definition) is 0. The largest absolute Gasteiger partial charge is 0.293 e. The fourth-order valence-corrected chi connectivity index (χ4v) is 2.57. The molecule has 0 spiro atoms. The van der Waals surface area contributed by atoms with Crippen LogP contribution in [-0.2, 0) is 7.05 Å². The smallest absolute Gasteiger partial charge is 0.186 e. The molecule has 0 saturated carbocycles. The van der Waals surface area contributed by atoms with E-state index in [2.05, 4.69) is 20.4 Å². The van der Waals surface area contributed by atoms with Crippen molar-refractivity contribution in [3.8, 4) is 5.82 Å². The molecule has 108 valence electrons. The molecule has 0 unspecified atom stereocenters. The molecular weight excluding hydrogens is 268 g/mol. The Morgan fingerprint density at radius 3 is 2.57 bits per heavy atom. The van der Waals surface area contributed by atoms with Crippen molar-refractivity contribution in [2.45, 2.75) is 27.7 Å². The summed E-state index contributed by atoms with van der Waals surface area (Å²) in [5, 5.41) is 13.4. The van der Waals surface area contributed by atoms with Gasteiger partial charge < -0.3 is 0 Å². The first-order valence-electron chi connectivity index (χ1n) is 6.64. The maximum atomic E-state index is 11.5. The van der Waals surface area contributed by atoms with Gasteiger partial charge in [-0.2, -0.15) is 9.78 Å². The van der Waals surface area contributed by atoms with Crippen molar-refractivity contribution in [1.29, 1.82) is 0 Å². The second kappa shape index (κ2) is 4.47. The van der Waals surface area contributed by atoms with E-state index in [0.29, 0.717) is 17.2 Å². The topological polar surface area (TPSA) is 78.5 Å². The number of pyridine rings is 1. The SMILES string of the molecule is CC(=O)c1nnn(-c2nn(C)c3nc(C)cc(C)c23)c1C. The molecule has 0 fully saturated rings. The van der Waals surface area contributed by atoms with Crippen molar-refractivity contribution in [1.82, 2.24) is 29.8 Å². The number of carbonyl (C=O) groups is 1. The zero-order valence-corrected chi connectivity index (χ0v) is 12.7. The van der Waals surface area contributed by atoms with E-state index < -0.39 is 0 Å². The van der Waals surface area contributed by atoms with Gasteiger partial charge in [-0.1, -0.05) is 5.21 Å². The third-order valence-electron chi connectivity index (χ3n) is 3.53. The van der Waals surface area contributed by atoms with Gasteiger partial charge in [0.05, 0.1) is 11.1 Å². The molecule has 7 heteroatoms. The molecule has 0 amide bonds. The maximum Gasteiger partial charge on any atom is 0.186 e. The first kappa shape index (κ1) is 13.4.